The Morgan fingerprint density at radius 1 is 1.33 bits per heavy atom. The molecule has 0 rings (SSSR count). The standard InChI is InChI=1S/C12H26N2O/c1-5-7-8-9-11(3)13-10-12(15)14(4)6-2/h11,13H,5-10H2,1-4H3. The van der Waals surface area contributed by atoms with E-state index < -0.39 is 0 Å². The molecule has 0 aliphatic heterocycles. The second-order valence-corrected chi connectivity index (χ2v) is 4.19. The Bertz CT molecular complexity index is 171. The number of unbranched alkanes of at least 4 members (excludes halogenated alkanes) is 2. The Kier molecular flexibility index (Phi) is 8.38. The van der Waals surface area contributed by atoms with Gasteiger partial charge in [0.05, 0.1) is 6.54 Å². The van der Waals surface area contributed by atoms with Gasteiger partial charge in [-0.1, -0.05) is 26.2 Å². The van der Waals surface area contributed by atoms with Crippen molar-refractivity contribution in [2.75, 3.05) is 20.1 Å². The van der Waals surface area contributed by atoms with Gasteiger partial charge in [0.15, 0.2) is 0 Å². The van der Waals surface area contributed by atoms with Crippen LogP contribution >= 0.6 is 0 Å². The Balaban J connectivity index is 3.52. The van der Waals surface area contributed by atoms with Crippen molar-refractivity contribution in [2.45, 2.75) is 52.5 Å². The summed E-state index contributed by atoms with van der Waals surface area (Å²) < 4.78 is 0. The maximum atomic E-state index is 11.5. The fourth-order valence-corrected chi connectivity index (χ4v) is 1.38. The zero-order chi connectivity index (χ0) is 11.7. The van der Waals surface area contributed by atoms with Crippen LogP contribution in [-0.4, -0.2) is 37.0 Å². The van der Waals surface area contributed by atoms with E-state index in [-0.39, 0.29) is 5.91 Å². The molecule has 3 heteroatoms. The molecule has 90 valence electrons. The van der Waals surface area contributed by atoms with Gasteiger partial charge in [0, 0.05) is 19.6 Å². The van der Waals surface area contributed by atoms with Crippen LogP contribution in [0, 0.1) is 0 Å². The van der Waals surface area contributed by atoms with Crippen molar-refractivity contribution in [3.05, 3.63) is 0 Å². The minimum atomic E-state index is 0.180. The molecular formula is C12H26N2O. The third kappa shape index (κ3) is 7.37. The van der Waals surface area contributed by atoms with Crippen molar-refractivity contribution >= 4 is 5.91 Å². The van der Waals surface area contributed by atoms with E-state index in [9.17, 15) is 4.79 Å². The molecule has 0 saturated heterocycles. The highest BCUT2D eigenvalue weighted by molar-refractivity contribution is 5.77. The second kappa shape index (κ2) is 8.72. The molecule has 0 aromatic carbocycles. The lowest BCUT2D eigenvalue weighted by Crippen LogP contribution is -2.38. The topological polar surface area (TPSA) is 32.3 Å². The lowest BCUT2D eigenvalue weighted by Gasteiger charge is -2.17. The molecule has 0 aliphatic rings. The normalized spacial score (nSPS) is 12.5. The van der Waals surface area contributed by atoms with Crippen molar-refractivity contribution in [1.29, 1.82) is 0 Å². The molecule has 0 fully saturated rings. The minimum absolute atomic E-state index is 0.180. The summed E-state index contributed by atoms with van der Waals surface area (Å²) in [4.78, 5) is 13.2. The number of amides is 1. The molecule has 0 radical (unpaired) electrons. The fourth-order valence-electron chi connectivity index (χ4n) is 1.38. The van der Waals surface area contributed by atoms with Crippen molar-refractivity contribution in [3.8, 4) is 0 Å². The number of nitrogens with one attached hydrogen (secondary N) is 1. The number of hydrogen-bond donors (Lipinski definition) is 1. The highest BCUT2D eigenvalue weighted by Gasteiger charge is 2.08. The van der Waals surface area contributed by atoms with E-state index in [0.29, 0.717) is 12.6 Å². The van der Waals surface area contributed by atoms with Crippen LogP contribution in [0.15, 0.2) is 0 Å². The molecule has 1 atom stereocenters. The average Bonchev–Trinajstić information content (AvgIpc) is 2.25. The Morgan fingerprint density at radius 2 is 2.00 bits per heavy atom. The molecule has 0 saturated carbocycles. The van der Waals surface area contributed by atoms with Crippen LogP contribution in [0.4, 0.5) is 0 Å². The van der Waals surface area contributed by atoms with Gasteiger partial charge in [0.25, 0.3) is 0 Å². The summed E-state index contributed by atoms with van der Waals surface area (Å²) in [6.07, 6.45) is 4.96. The monoisotopic (exact) mass is 214 g/mol. The predicted molar refractivity (Wildman–Crippen MR) is 64.9 cm³/mol. The van der Waals surface area contributed by atoms with Crippen molar-refractivity contribution in [3.63, 3.8) is 0 Å². The molecule has 1 N–H and O–H groups in total. The van der Waals surface area contributed by atoms with E-state index in [1.165, 1.54) is 19.3 Å². The SMILES string of the molecule is CCCCCC(C)NCC(=O)N(C)CC. The van der Waals surface area contributed by atoms with Gasteiger partial charge in [-0.05, 0) is 20.3 Å². The summed E-state index contributed by atoms with van der Waals surface area (Å²) in [6, 6.07) is 0.450. The van der Waals surface area contributed by atoms with Gasteiger partial charge in [-0.15, -0.1) is 0 Å². The van der Waals surface area contributed by atoms with Crippen molar-refractivity contribution in [2.24, 2.45) is 0 Å². The van der Waals surface area contributed by atoms with E-state index in [1.807, 2.05) is 14.0 Å². The lowest BCUT2D eigenvalue weighted by molar-refractivity contribution is -0.128. The summed E-state index contributed by atoms with van der Waals surface area (Å²) in [5.41, 5.74) is 0. The second-order valence-electron chi connectivity index (χ2n) is 4.19. The summed E-state index contributed by atoms with van der Waals surface area (Å²) in [7, 11) is 1.84. The van der Waals surface area contributed by atoms with Gasteiger partial charge in [0.2, 0.25) is 5.91 Å². The predicted octanol–water partition coefficient (Wildman–Crippen LogP) is 2.02. The van der Waals surface area contributed by atoms with E-state index in [0.717, 1.165) is 13.0 Å². The van der Waals surface area contributed by atoms with Crippen molar-refractivity contribution < 1.29 is 4.79 Å². The average molecular weight is 214 g/mol. The Morgan fingerprint density at radius 3 is 2.53 bits per heavy atom. The van der Waals surface area contributed by atoms with Gasteiger partial charge in [-0.25, -0.2) is 0 Å². The highest BCUT2D eigenvalue weighted by Crippen LogP contribution is 2.02. The lowest BCUT2D eigenvalue weighted by atomic mass is 10.1. The van der Waals surface area contributed by atoms with Crippen LogP contribution in [0.3, 0.4) is 0 Å². The molecule has 0 bridgehead atoms. The highest BCUT2D eigenvalue weighted by atomic mass is 16.2. The molecule has 3 nitrogen and oxygen atoms in total. The molecule has 1 amide bonds. The van der Waals surface area contributed by atoms with Crippen LogP contribution in [0.2, 0.25) is 0 Å². The van der Waals surface area contributed by atoms with Crippen molar-refractivity contribution in [1.82, 2.24) is 10.2 Å². The molecule has 0 heterocycles. The van der Waals surface area contributed by atoms with Gasteiger partial charge in [0.1, 0.15) is 0 Å². The smallest absolute Gasteiger partial charge is 0.236 e. The van der Waals surface area contributed by atoms with Gasteiger partial charge >= 0.3 is 0 Å². The molecule has 0 aliphatic carbocycles. The number of hydrogen-bond acceptors (Lipinski definition) is 2. The first-order chi connectivity index (χ1) is 7.11. The van der Waals surface area contributed by atoms with Gasteiger partial charge in [-0.2, -0.15) is 0 Å². The van der Waals surface area contributed by atoms with Crippen LogP contribution in [0.1, 0.15) is 46.5 Å². The van der Waals surface area contributed by atoms with E-state index >= 15 is 0 Å². The third-order valence-corrected chi connectivity index (χ3v) is 2.74. The number of carbonyl (C=O) groups excluding carboxylic acids is 1. The first-order valence-electron chi connectivity index (χ1n) is 6.09. The maximum absolute atomic E-state index is 11.5. The van der Waals surface area contributed by atoms with Crippen LogP contribution in [0.25, 0.3) is 0 Å². The number of likely N-dealkylation sites (N-methyl/N-ethyl adjacent to an activating group) is 1. The van der Waals surface area contributed by atoms with E-state index in [1.54, 1.807) is 4.90 Å². The third-order valence-electron chi connectivity index (χ3n) is 2.74. The number of carbonyl (C=O) groups is 1. The van der Waals surface area contributed by atoms with Crippen LogP contribution < -0.4 is 5.32 Å². The number of rotatable bonds is 8. The number of nitrogens with zero attached hydrogens (tertiary/aromatic N) is 1. The van der Waals surface area contributed by atoms with E-state index in [4.69, 9.17) is 0 Å². The maximum Gasteiger partial charge on any atom is 0.236 e. The summed E-state index contributed by atoms with van der Waals surface area (Å²) >= 11 is 0. The van der Waals surface area contributed by atoms with Crippen LogP contribution in [-0.2, 0) is 4.79 Å². The first kappa shape index (κ1) is 14.4. The quantitative estimate of drug-likeness (QED) is 0.627. The fraction of sp³-hybridized carbons (Fsp3) is 0.917. The Labute approximate surface area is 94.2 Å². The summed E-state index contributed by atoms with van der Waals surface area (Å²) in [5.74, 6) is 0.180. The molecular weight excluding hydrogens is 188 g/mol. The Hall–Kier alpha value is -0.570. The molecule has 15 heavy (non-hydrogen) atoms. The largest absolute Gasteiger partial charge is 0.345 e. The zero-order valence-corrected chi connectivity index (χ0v) is 10.7. The molecule has 0 aromatic heterocycles. The summed E-state index contributed by atoms with van der Waals surface area (Å²) in [5, 5.41) is 3.27. The van der Waals surface area contributed by atoms with Crippen LogP contribution in [0.5, 0.6) is 0 Å². The molecule has 1 unspecified atom stereocenters. The van der Waals surface area contributed by atoms with Gasteiger partial charge < -0.3 is 10.2 Å². The van der Waals surface area contributed by atoms with Gasteiger partial charge in [-0.3, -0.25) is 4.79 Å². The van der Waals surface area contributed by atoms with E-state index in [2.05, 4.69) is 19.2 Å². The first-order valence-corrected chi connectivity index (χ1v) is 6.09. The zero-order valence-electron chi connectivity index (χ0n) is 10.7. The molecule has 0 spiro atoms. The molecule has 0 aromatic rings. The minimum Gasteiger partial charge on any atom is -0.345 e. The summed E-state index contributed by atoms with van der Waals surface area (Å²) in [6.45, 7) is 7.59.